The number of urea groups is 3. The number of hydrogen-bond acceptors (Lipinski definition) is 7. The summed E-state index contributed by atoms with van der Waals surface area (Å²) >= 11 is 0. The van der Waals surface area contributed by atoms with Crippen molar-refractivity contribution in [3.63, 3.8) is 0 Å². The van der Waals surface area contributed by atoms with Crippen molar-refractivity contribution in [1.29, 1.82) is 0 Å². The molecule has 0 aliphatic heterocycles. The second-order valence-electron chi connectivity index (χ2n) is 14.3. The number of carbonyl (C=O) groups excluding carboxylic acids is 3. The van der Waals surface area contributed by atoms with Crippen LogP contribution in [0.2, 0.25) is 45.3 Å². The van der Waals surface area contributed by atoms with Crippen molar-refractivity contribution < 1.29 is 27.5 Å². The van der Waals surface area contributed by atoms with E-state index >= 15 is 0 Å². The molecule has 16 heteroatoms. The molecular weight excluding hydrogens is 747 g/mol. The van der Waals surface area contributed by atoms with Crippen LogP contribution >= 0.6 is 0 Å². The van der Waals surface area contributed by atoms with Crippen LogP contribution in [0.3, 0.4) is 0 Å². The molecule has 298 valence electrons. The largest absolute Gasteiger partial charge is 0.437 e. The second-order valence-corrected chi connectivity index (χ2v) is 26.3. The van der Waals surface area contributed by atoms with Gasteiger partial charge in [0.15, 0.2) is 8.32 Å². The minimum absolute atomic E-state index is 0.247. The summed E-state index contributed by atoms with van der Waals surface area (Å²) in [7, 11) is -7.94. The van der Waals surface area contributed by atoms with Crippen LogP contribution in [0.25, 0.3) is 0 Å². The van der Waals surface area contributed by atoms with E-state index in [2.05, 4.69) is 52.2 Å². The maximum Gasteiger partial charge on any atom is 0.326 e. The Labute approximate surface area is 330 Å². The number of anilines is 3. The van der Waals surface area contributed by atoms with Gasteiger partial charge in [-0.25, -0.2) is 19.9 Å². The highest BCUT2D eigenvalue weighted by atomic mass is 28.5. The number of hydrogen-bond donors (Lipinski definition) is 5. The van der Waals surface area contributed by atoms with Crippen molar-refractivity contribution in [3.8, 4) is 0 Å². The van der Waals surface area contributed by atoms with E-state index in [9.17, 15) is 14.4 Å². The van der Waals surface area contributed by atoms with Gasteiger partial charge in [-0.1, -0.05) is 61.2 Å². The second kappa shape index (κ2) is 22.1. The van der Waals surface area contributed by atoms with Gasteiger partial charge in [0.1, 0.15) is 0 Å². The van der Waals surface area contributed by atoms with Crippen LogP contribution in [0, 0.1) is 0 Å². The van der Waals surface area contributed by atoms with Crippen LogP contribution in [0.1, 0.15) is 13.3 Å². The van der Waals surface area contributed by atoms with Crippen LogP contribution in [0.15, 0.2) is 109 Å². The molecule has 0 saturated carbocycles. The predicted octanol–water partition coefficient (Wildman–Crippen LogP) is 8.16. The molecule has 0 saturated heterocycles. The van der Waals surface area contributed by atoms with E-state index < -0.39 is 25.2 Å². The normalized spacial score (nSPS) is 11.5. The van der Waals surface area contributed by atoms with Crippen LogP contribution < -0.4 is 26.7 Å². The SMILES string of the molecule is C=C=C(N(CCNOCC)C(=O)Nc1ccccc1)[Si](C)(C)O[Si](C)(C)O[Si](C)(C)CCCN(CCNC(=O)Nc1ccccc1)C(=O)Nc1ccccc1. The van der Waals surface area contributed by atoms with Crippen LogP contribution in [0.4, 0.5) is 31.4 Å². The van der Waals surface area contributed by atoms with Crippen molar-refractivity contribution in [3.05, 3.63) is 109 Å². The molecule has 6 amide bonds. The molecule has 0 unspecified atom stereocenters. The molecule has 0 aromatic heterocycles. The summed E-state index contributed by atoms with van der Waals surface area (Å²) in [5.74, 6) is 0. The number of nitrogens with one attached hydrogen (secondary N) is 5. The number of amides is 6. The van der Waals surface area contributed by atoms with Gasteiger partial charge in [0.05, 0.1) is 11.9 Å². The molecule has 13 nitrogen and oxygen atoms in total. The third-order valence-corrected chi connectivity index (χ3v) is 19.5. The highest BCUT2D eigenvalue weighted by Crippen LogP contribution is 2.29. The number of carbonyl (C=O) groups is 3. The van der Waals surface area contributed by atoms with Crippen molar-refractivity contribution in [1.82, 2.24) is 20.6 Å². The zero-order chi connectivity index (χ0) is 40.3. The predicted molar refractivity (Wildman–Crippen MR) is 229 cm³/mol. The number of benzene rings is 3. The lowest BCUT2D eigenvalue weighted by Crippen LogP contribution is -2.56. The van der Waals surface area contributed by atoms with Gasteiger partial charge in [-0.3, -0.25) is 4.90 Å². The molecule has 0 radical (unpaired) electrons. The monoisotopic (exact) mass is 805 g/mol. The summed E-state index contributed by atoms with van der Waals surface area (Å²) in [5, 5.41) is 12.2. The molecule has 3 rings (SSSR count). The summed E-state index contributed by atoms with van der Waals surface area (Å²) in [5.41, 5.74) is 7.99. The van der Waals surface area contributed by atoms with Crippen molar-refractivity contribution in [2.24, 2.45) is 0 Å². The Morgan fingerprint density at radius 3 is 1.75 bits per heavy atom. The third-order valence-electron chi connectivity index (χ3n) is 8.20. The molecule has 0 aliphatic rings. The van der Waals surface area contributed by atoms with E-state index in [0.29, 0.717) is 61.6 Å². The fraction of sp³-hybridized carbons (Fsp3) is 0.385. The first kappa shape index (κ1) is 44.9. The van der Waals surface area contributed by atoms with E-state index in [1.807, 2.05) is 124 Å². The number of rotatable bonds is 21. The Balaban J connectivity index is 1.64. The molecule has 0 fully saturated rings. The Morgan fingerprint density at radius 2 is 1.22 bits per heavy atom. The molecule has 3 aromatic rings. The van der Waals surface area contributed by atoms with Crippen LogP contribution in [-0.4, -0.2) is 92.4 Å². The van der Waals surface area contributed by atoms with Crippen LogP contribution in [0.5, 0.6) is 0 Å². The Hall–Kier alpha value is -4.52. The van der Waals surface area contributed by atoms with Gasteiger partial charge >= 0.3 is 26.7 Å². The first-order valence-electron chi connectivity index (χ1n) is 18.6. The summed E-state index contributed by atoms with van der Waals surface area (Å²) < 4.78 is 13.8. The lowest BCUT2D eigenvalue weighted by atomic mass is 10.3. The summed E-state index contributed by atoms with van der Waals surface area (Å²) in [4.78, 5) is 48.3. The Bertz CT molecular complexity index is 1700. The van der Waals surface area contributed by atoms with Gasteiger partial charge in [-0.2, -0.15) is 0 Å². The van der Waals surface area contributed by atoms with Gasteiger partial charge in [0, 0.05) is 49.8 Å². The van der Waals surface area contributed by atoms with Gasteiger partial charge < -0.3 is 39.2 Å². The fourth-order valence-electron chi connectivity index (χ4n) is 6.13. The number of para-hydroxylation sites is 3. The number of nitrogens with zero attached hydrogens (tertiary/aromatic N) is 2. The maximum absolute atomic E-state index is 13.7. The lowest BCUT2D eigenvalue weighted by molar-refractivity contribution is 0.0487. The topological polar surface area (TPSA) is 146 Å². The van der Waals surface area contributed by atoms with Crippen molar-refractivity contribution in [2.45, 2.75) is 58.7 Å². The molecule has 5 N–H and O–H groups in total. The highest BCUT2D eigenvalue weighted by molar-refractivity contribution is 6.90. The first-order valence-corrected chi connectivity index (χ1v) is 27.5. The van der Waals surface area contributed by atoms with Gasteiger partial charge in [-0.15, -0.1) is 5.73 Å². The maximum atomic E-state index is 13.7. The molecule has 0 atom stereocenters. The average molecular weight is 806 g/mol. The van der Waals surface area contributed by atoms with E-state index in [4.69, 9.17) is 13.1 Å². The van der Waals surface area contributed by atoms with Gasteiger partial charge in [0.2, 0.25) is 8.32 Å². The molecule has 0 aliphatic carbocycles. The van der Waals surface area contributed by atoms with E-state index in [-0.39, 0.29) is 24.6 Å². The molecule has 0 bridgehead atoms. The zero-order valence-corrected chi connectivity index (χ0v) is 36.4. The van der Waals surface area contributed by atoms with E-state index in [1.165, 1.54) is 0 Å². The summed E-state index contributed by atoms with van der Waals surface area (Å²) in [6, 6.07) is 27.6. The van der Waals surface area contributed by atoms with Crippen molar-refractivity contribution in [2.75, 3.05) is 55.3 Å². The summed E-state index contributed by atoms with van der Waals surface area (Å²) in [6.45, 7) is 20.6. The fourth-order valence-corrected chi connectivity index (χ4v) is 20.0. The molecule has 0 spiro atoms. The quantitative estimate of drug-likeness (QED) is 0.0316. The molecule has 0 heterocycles. The van der Waals surface area contributed by atoms with E-state index in [0.717, 1.165) is 6.04 Å². The standard InChI is InChI=1S/C39H59N7O6Si3/c1-9-36(46(31-28-41-50-10-2)39(49)44-35-25-18-13-19-26-35)54(5,6)52-55(7,8)51-53(3,4)32-20-29-45(38(48)43-34-23-16-12-17-24-34)30-27-40-37(47)42-33-21-14-11-15-22-33/h11-19,21-26,41H,1,10,20,27-32H2,2-8H3,(H,43,48)(H,44,49)(H2,40,42,47). The van der Waals surface area contributed by atoms with Gasteiger partial charge in [-0.05, 0) is 95.1 Å². The summed E-state index contributed by atoms with van der Waals surface area (Å²) in [6.07, 6.45) is 0.695. The average Bonchev–Trinajstić information content (AvgIpc) is 3.12. The first-order chi connectivity index (χ1) is 26.1. The molecular formula is C39H59N7O6Si3. The number of hydroxylamine groups is 1. The third kappa shape index (κ3) is 16.4. The van der Waals surface area contributed by atoms with E-state index in [1.54, 1.807) is 9.80 Å². The molecule has 3 aromatic carbocycles. The minimum Gasteiger partial charge on any atom is -0.437 e. The molecule has 55 heavy (non-hydrogen) atoms. The van der Waals surface area contributed by atoms with Gasteiger partial charge in [0.25, 0.3) is 0 Å². The highest BCUT2D eigenvalue weighted by Gasteiger charge is 2.44. The smallest absolute Gasteiger partial charge is 0.326 e. The Morgan fingerprint density at radius 1 is 0.691 bits per heavy atom. The van der Waals surface area contributed by atoms with Crippen molar-refractivity contribution >= 4 is 60.4 Å². The zero-order valence-electron chi connectivity index (χ0n) is 33.4. The minimum atomic E-state index is -2.83. The lowest BCUT2D eigenvalue weighted by Gasteiger charge is -2.41. The van der Waals surface area contributed by atoms with Crippen LogP contribution in [-0.2, 0) is 13.1 Å². The Kier molecular flexibility index (Phi) is 18.1.